The van der Waals surface area contributed by atoms with Crippen LogP contribution >= 0.6 is 24.0 Å². The zero-order valence-corrected chi connectivity index (χ0v) is 20.5. The van der Waals surface area contributed by atoms with Crippen LogP contribution in [0.5, 0.6) is 0 Å². The molecular formula is C21H32IN7O. The van der Waals surface area contributed by atoms with Gasteiger partial charge >= 0.3 is 0 Å². The van der Waals surface area contributed by atoms with Crippen molar-refractivity contribution < 1.29 is 4.79 Å². The Labute approximate surface area is 195 Å². The predicted octanol–water partition coefficient (Wildman–Crippen LogP) is 2.54. The second kappa shape index (κ2) is 11.3. The molecule has 2 heterocycles. The largest absolute Gasteiger partial charge is 0.357 e. The van der Waals surface area contributed by atoms with E-state index in [1.54, 1.807) is 19.0 Å². The van der Waals surface area contributed by atoms with E-state index < -0.39 is 0 Å². The number of carbonyl (C=O) groups excluding carboxylic acids is 1. The molecule has 1 unspecified atom stereocenters. The van der Waals surface area contributed by atoms with E-state index in [1.807, 2.05) is 35.9 Å². The van der Waals surface area contributed by atoms with Gasteiger partial charge in [-0.3, -0.25) is 9.79 Å². The first kappa shape index (κ1) is 24.1. The molecule has 1 aliphatic heterocycles. The van der Waals surface area contributed by atoms with Crippen LogP contribution in [0.15, 0.2) is 29.3 Å². The number of halogens is 1. The van der Waals surface area contributed by atoms with Gasteiger partial charge in [-0.2, -0.15) is 5.10 Å². The summed E-state index contributed by atoms with van der Waals surface area (Å²) in [5.74, 6) is 2.59. The van der Waals surface area contributed by atoms with E-state index in [2.05, 4.69) is 27.6 Å². The maximum atomic E-state index is 12.2. The molecule has 0 fully saturated rings. The van der Waals surface area contributed by atoms with Crippen molar-refractivity contribution in [2.45, 2.75) is 45.7 Å². The van der Waals surface area contributed by atoms with Crippen LogP contribution in [0.2, 0.25) is 0 Å². The van der Waals surface area contributed by atoms with E-state index in [9.17, 15) is 4.79 Å². The number of guanidine groups is 1. The van der Waals surface area contributed by atoms with Gasteiger partial charge in [0.2, 0.25) is 0 Å². The summed E-state index contributed by atoms with van der Waals surface area (Å²) < 4.78 is 1.99. The third-order valence-electron chi connectivity index (χ3n) is 4.89. The van der Waals surface area contributed by atoms with Crippen molar-refractivity contribution in [3.63, 3.8) is 0 Å². The Hall–Kier alpha value is -2.17. The van der Waals surface area contributed by atoms with Crippen molar-refractivity contribution in [1.82, 2.24) is 30.3 Å². The summed E-state index contributed by atoms with van der Waals surface area (Å²) in [6, 6.07) is 7.88. The number of benzene rings is 1. The highest BCUT2D eigenvalue weighted by atomic mass is 127. The molecule has 0 spiro atoms. The monoisotopic (exact) mass is 525 g/mol. The first-order valence-electron chi connectivity index (χ1n) is 10.2. The van der Waals surface area contributed by atoms with Gasteiger partial charge in [0.05, 0.1) is 6.04 Å². The van der Waals surface area contributed by atoms with Crippen LogP contribution in [-0.4, -0.2) is 58.7 Å². The van der Waals surface area contributed by atoms with E-state index in [4.69, 9.17) is 4.99 Å². The number of rotatable bonds is 6. The van der Waals surface area contributed by atoms with Crippen LogP contribution in [0.4, 0.5) is 0 Å². The number of hydrogen-bond donors (Lipinski definition) is 2. The average molecular weight is 525 g/mol. The molecule has 164 valence electrons. The van der Waals surface area contributed by atoms with Crippen LogP contribution in [0, 0.1) is 6.92 Å². The molecule has 2 N–H and O–H groups in total. The van der Waals surface area contributed by atoms with Gasteiger partial charge < -0.3 is 15.5 Å². The fourth-order valence-corrected chi connectivity index (χ4v) is 3.51. The smallest absolute Gasteiger partial charge is 0.253 e. The quantitative estimate of drug-likeness (QED) is 0.344. The van der Waals surface area contributed by atoms with Crippen molar-refractivity contribution in [2.24, 2.45) is 4.99 Å². The number of aryl methyl sites for hydroxylation is 2. The molecular weight excluding hydrogens is 493 g/mol. The second-order valence-corrected chi connectivity index (χ2v) is 7.49. The zero-order chi connectivity index (χ0) is 20.8. The minimum Gasteiger partial charge on any atom is -0.357 e. The molecule has 3 rings (SSSR count). The number of carbonyl (C=O) groups is 1. The van der Waals surface area contributed by atoms with Gasteiger partial charge in [0.25, 0.3) is 5.91 Å². The van der Waals surface area contributed by atoms with Crippen molar-refractivity contribution in [2.75, 3.05) is 27.2 Å². The maximum absolute atomic E-state index is 12.2. The lowest BCUT2D eigenvalue weighted by Crippen LogP contribution is -2.41. The SMILES string of the molecule is CCNC(=NCCc1cccc(C(=O)N(C)C)c1)NC1CCCn2nc(C)nc21.I. The van der Waals surface area contributed by atoms with E-state index in [0.29, 0.717) is 12.1 Å². The third kappa shape index (κ3) is 6.16. The Morgan fingerprint density at radius 3 is 2.90 bits per heavy atom. The number of amides is 1. The molecule has 2 aromatic rings. The van der Waals surface area contributed by atoms with Gasteiger partial charge in [0.15, 0.2) is 5.96 Å². The second-order valence-electron chi connectivity index (χ2n) is 7.49. The summed E-state index contributed by atoms with van der Waals surface area (Å²) in [5.41, 5.74) is 1.81. The van der Waals surface area contributed by atoms with Crippen LogP contribution in [0.3, 0.4) is 0 Å². The minimum atomic E-state index is 0. The Bertz CT molecular complexity index is 878. The Morgan fingerprint density at radius 2 is 2.17 bits per heavy atom. The highest BCUT2D eigenvalue weighted by molar-refractivity contribution is 14.0. The predicted molar refractivity (Wildman–Crippen MR) is 129 cm³/mol. The molecule has 1 amide bonds. The van der Waals surface area contributed by atoms with Crippen molar-refractivity contribution in [3.8, 4) is 0 Å². The topological polar surface area (TPSA) is 87.4 Å². The average Bonchev–Trinajstić information content (AvgIpc) is 3.09. The van der Waals surface area contributed by atoms with Gasteiger partial charge in [-0.05, 0) is 50.8 Å². The van der Waals surface area contributed by atoms with Crippen molar-refractivity contribution >= 4 is 35.8 Å². The van der Waals surface area contributed by atoms with Crippen molar-refractivity contribution in [1.29, 1.82) is 0 Å². The number of nitrogens with zero attached hydrogens (tertiary/aromatic N) is 5. The van der Waals surface area contributed by atoms with Gasteiger partial charge in [-0.25, -0.2) is 9.67 Å². The summed E-state index contributed by atoms with van der Waals surface area (Å²) in [5, 5.41) is 11.3. The van der Waals surface area contributed by atoms with Crippen molar-refractivity contribution in [3.05, 3.63) is 47.0 Å². The lowest BCUT2D eigenvalue weighted by molar-refractivity contribution is 0.0827. The molecule has 0 saturated carbocycles. The molecule has 0 bridgehead atoms. The standard InChI is InChI=1S/C21H31N7O.HI/c1-5-22-21(25-18-10-7-13-28-19(18)24-15(2)26-28)23-12-11-16-8-6-9-17(14-16)20(29)27(3)4;/h6,8-9,14,18H,5,7,10-13H2,1-4H3,(H2,22,23,25);1H. The number of aromatic nitrogens is 3. The molecule has 1 aromatic carbocycles. The molecule has 0 radical (unpaired) electrons. The van der Waals surface area contributed by atoms with Gasteiger partial charge in [0, 0.05) is 39.3 Å². The summed E-state index contributed by atoms with van der Waals surface area (Å²) in [6.45, 7) is 6.33. The molecule has 1 aromatic heterocycles. The number of aliphatic imine (C=N–C) groups is 1. The van der Waals surface area contributed by atoms with E-state index in [-0.39, 0.29) is 35.9 Å². The molecule has 1 atom stereocenters. The Balaban J connectivity index is 0.00000320. The molecule has 1 aliphatic rings. The highest BCUT2D eigenvalue weighted by Gasteiger charge is 2.24. The number of fused-ring (bicyclic) bond motifs is 1. The molecule has 0 saturated heterocycles. The van der Waals surface area contributed by atoms with Crippen LogP contribution in [-0.2, 0) is 13.0 Å². The fraction of sp³-hybridized carbons (Fsp3) is 0.524. The Morgan fingerprint density at radius 1 is 1.37 bits per heavy atom. The fourth-order valence-electron chi connectivity index (χ4n) is 3.51. The molecule has 9 heteroatoms. The van der Waals surface area contributed by atoms with Gasteiger partial charge in [-0.1, -0.05) is 12.1 Å². The van der Waals surface area contributed by atoms with Crippen LogP contribution < -0.4 is 10.6 Å². The molecule has 30 heavy (non-hydrogen) atoms. The zero-order valence-electron chi connectivity index (χ0n) is 18.2. The first-order valence-corrected chi connectivity index (χ1v) is 10.2. The minimum absolute atomic E-state index is 0. The number of hydrogen-bond acceptors (Lipinski definition) is 4. The summed E-state index contributed by atoms with van der Waals surface area (Å²) in [4.78, 5) is 23.1. The summed E-state index contributed by atoms with van der Waals surface area (Å²) in [7, 11) is 3.53. The first-order chi connectivity index (χ1) is 14.0. The van der Waals surface area contributed by atoms with E-state index in [0.717, 1.165) is 55.5 Å². The lowest BCUT2D eigenvalue weighted by atomic mass is 10.1. The maximum Gasteiger partial charge on any atom is 0.253 e. The third-order valence-corrected chi connectivity index (χ3v) is 4.89. The van der Waals surface area contributed by atoms with E-state index in [1.165, 1.54) is 0 Å². The Kier molecular flexibility index (Phi) is 9.07. The molecule has 8 nitrogen and oxygen atoms in total. The summed E-state index contributed by atoms with van der Waals surface area (Å²) in [6.07, 6.45) is 2.85. The van der Waals surface area contributed by atoms with Gasteiger partial charge in [-0.15, -0.1) is 24.0 Å². The van der Waals surface area contributed by atoms with E-state index >= 15 is 0 Å². The highest BCUT2D eigenvalue weighted by Crippen LogP contribution is 2.22. The normalized spacial score (nSPS) is 15.7. The summed E-state index contributed by atoms with van der Waals surface area (Å²) >= 11 is 0. The van der Waals surface area contributed by atoms with Gasteiger partial charge in [0.1, 0.15) is 11.6 Å². The van der Waals surface area contributed by atoms with Crippen LogP contribution in [0.1, 0.15) is 53.4 Å². The molecule has 0 aliphatic carbocycles. The number of nitrogens with one attached hydrogen (secondary N) is 2. The lowest BCUT2D eigenvalue weighted by Gasteiger charge is -2.25. The van der Waals surface area contributed by atoms with Crippen LogP contribution in [0.25, 0.3) is 0 Å².